The number of nitrogens with one attached hydrogen (secondary N) is 1. The lowest BCUT2D eigenvalue weighted by atomic mass is 10.2. The van der Waals surface area contributed by atoms with Gasteiger partial charge >= 0.3 is 0 Å². The molecule has 0 amide bonds. The maximum Gasteiger partial charge on any atom is 0.195 e. The molecule has 1 saturated carbocycles. The second-order valence-corrected chi connectivity index (χ2v) is 5.49. The Morgan fingerprint density at radius 3 is 3.00 bits per heavy atom. The fraction of sp³-hybridized carbons (Fsp3) is 0.500. The Labute approximate surface area is 123 Å². The van der Waals surface area contributed by atoms with E-state index in [4.69, 9.17) is 12.2 Å². The molecule has 20 heavy (non-hydrogen) atoms. The third kappa shape index (κ3) is 2.81. The Bertz CT molecular complexity index is 614. The molecule has 1 aliphatic rings. The Kier molecular flexibility index (Phi) is 3.93. The summed E-state index contributed by atoms with van der Waals surface area (Å²) in [6, 6.07) is 4.70. The van der Waals surface area contributed by atoms with E-state index in [-0.39, 0.29) is 0 Å². The van der Waals surface area contributed by atoms with Crippen molar-refractivity contribution in [1.29, 1.82) is 0 Å². The lowest BCUT2D eigenvalue weighted by Gasteiger charge is -2.20. The van der Waals surface area contributed by atoms with E-state index in [2.05, 4.69) is 31.6 Å². The van der Waals surface area contributed by atoms with Crippen LogP contribution < -0.4 is 0 Å². The normalized spacial score (nSPS) is 14.9. The van der Waals surface area contributed by atoms with Crippen LogP contribution in [-0.4, -0.2) is 43.8 Å². The van der Waals surface area contributed by atoms with Crippen molar-refractivity contribution < 1.29 is 0 Å². The number of rotatable bonds is 6. The molecule has 0 aromatic carbocycles. The zero-order valence-corrected chi connectivity index (χ0v) is 12.4. The molecule has 0 unspecified atom stereocenters. The first kappa shape index (κ1) is 13.5. The number of aromatic nitrogens is 4. The van der Waals surface area contributed by atoms with E-state index in [1.807, 2.05) is 18.3 Å². The van der Waals surface area contributed by atoms with Gasteiger partial charge in [-0.05, 0) is 43.7 Å². The third-order valence-electron chi connectivity index (χ3n) is 3.76. The zero-order chi connectivity index (χ0) is 13.9. The largest absolute Gasteiger partial charge is 0.299 e. The molecule has 2 heterocycles. The van der Waals surface area contributed by atoms with Crippen molar-refractivity contribution in [2.45, 2.75) is 32.4 Å². The first-order chi connectivity index (χ1) is 9.79. The van der Waals surface area contributed by atoms with Crippen molar-refractivity contribution in [2.24, 2.45) is 0 Å². The number of likely N-dealkylation sites (N-methyl/N-ethyl adjacent to an activating group) is 1. The second kappa shape index (κ2) is 5.85. The van der Waals surface area contributed by atoms with E-state index >= 15 is 0 Å². The summed E-state index contributed by atoms with van der Waals surface area (Å²) in [5, 5.41) is 7.23. The molecule has 0 spiro atoms. The summed E-state index contributed by atoms with van der Waals surface area (Å²) >= 11 is 5.35. The average Bonchev–Trinajstić information content (AvgIpc) is 3.25. The summed E-state index contributed by atoms with van der Waals surface area (Å²) in [4.78, 5) is 6.67. The molecule has 1 aliphatic carbocycles. The number of nitrogens with zero attached hydrogens (tertiary/aromatic N) is 4. The van der Waals surface area contributed by atoms with Crippen LogP contribution in [-0.2, 0) is 6.54 Å². The van der Waals surface area contributed by atoms with Crippen LogP contribution in [0.15, 0.2) is 24.5 Å². The molecular weight excluding hydrogens is 270 g/mol. The standard InChI is InChI=1S/C14H19N5S/c1-2-18(12-5-6-12)8-9-19-13(16-17-14(19)20)11-4-3-7-15-10-11/h3-4,7,10,12H,2,5-6,8-9H2,1H3,(H,17,20). The maximum atomic E-state index is 5.35. The van der Waals surface area contributed by atoms with Gasteiger partial charge in [-0.2, -0.15) is 5.10 Å². The Balaban J connectivity index is 1.79. The average molecular weight is 289 g/mol. The number of pyridine rings is 1. The van der Waals surface area contributed by atoms with Crippen LogP contribution in [0.1, 0.15) is 19.8 Å². The van der Waals surface area contributed by atoms with Crippen molar-refractivity contribution in [3.8, 4) is 11.4 Å². The zero-order valence-electron chi connectivity index (χ0n) is 11.6. The van der Waals surface area contributed by atoms with Crippen LogP contribution in [0.2, 0.25) is 0 Å². The van der Waals surface area contributed by atoms with E-state index in [0.29, 0.717) is 4.77 Å². The van der Waals surface area contributed by atoms with Gasteiger partial charge in [-0.1, -0.05) is 6.92 Å². The number of H-pyrrole nitrogens is 1. The van der Waals surface area contributed by atoms with Gasteiger partial charge in [0.25, 0.3) is 0 Å². The molecular formula is C14H19N5S. The highest BCUT2D eigenvalue weighted by molar-refractivity contribution is 7.71. The molecule has 0 atom stereocenters. The fourth-order valence-corrected chi connectivity index (χ4v) is 2.73. The molecule has 1 N–H and O–H groups in total. The number of hydrogen-bond acceptors (Lipinski definition) is 4. The van der Waals surface area contributed by atoms with Gasteiger partial charge in [0.2, 0.25) is 0 Å². The summed E-state index contributed by atoms with van der Waals surface area (Å²) in [7, 11) is 0. The minimum Gasteiger partial charge on any atom is -0.299 e. The summed E-state index contributed by atoms with van der Waals surface area (Å²) in [5.74, 6) is 0.870. The minimum absolute atomic E-state index is 0.677. The molecule has 0 radical (unpaired) electrons. The van der Waals surface area contributed by atoms with Gasteiger partial charge in [-0.3, -0.25) is 19.5 Å². The smallest absolute Gasteiger partial charge is 0.195 e. The minimum atomic E-state index is 0.677. The van der Waals surface area contributed by atoms with Crippen LogP contribution in [0.3, 0.4) is 0 Å². The Hall–Kier alpha value is -1.53. The molecule has 1 fully saturated rings. The molecule has 106 valence electrons. The maximum absolute atomic E-state index is 5.35. The SMILES string of the molecule is CCN(CCn1c(-c2cccnc2)n[nH]c1=S)C1CC1. The highest BCUT2D eigenvalue weighted by Crippen LogP contribution is 2.26. The summed E-state index contributed by atoms with van der Waals surface area (Å²) < 4.78 is 2.74. The molecule has 2 aromatic heterocycles. The van der Waals surface area contributed by atoms with Crippen LogP contribution in [0, 0.1) is 4.77 Å². The van der Waals surface area contributed by atoms with E-state index in [1.54, 1.807) is 6.20 Å². The quantitative estimate of drug-likeness (QED) is 0.830. The fourth-order valence-electron chi connectivity index (χ4n) is 2.51. The molecule has 0 saturated heterocycles. The van der Waals surface area contributed by atoms with Crippen LogP contribution >= 0.6 is 12.2 Å². The third-order valence-corrected chi connectivity index (χ3v) is 4.07. The van der Waals surface area contributed by atoms with Crippen molar-refractivity contribution in [3.63, 3.8) is 0 Å². The number of aromatic amines is 1. The van der Waals surface area contributed by atoms with Gasteiger partial charge < -0.3 is 0 Å². The first-order valence-corrected chi connectivity index (χ1v) is 7.50. The molecule has 0 bridgehead atoms. The van der Waals surface area contributed by atoms with Crippen molar-refractivity contribution in [2.75, 3.05) is 13.1 Å². The molecule has 0 aliphatic heterocycles. The van der Waals surface area contributed by atoms with Gasteiger partial charge in [0.15, 0.2) is 10.6 Å². The molecule has 2 aromatic rings. The summed E-state index contributed by atoms with van der Waals surface area (Å²) in [6.07, 6.45) is 6.25. The Morgan fingerprint density at radius 1 is 1.50 bits per heavy atom. The van der Waals surface area contributed by atoms with Gasteiger partial charge in [0.1, 0.15) is 0 Å². The van der Waals surface area contributed by atoms with Gasteiger partial charge in [-0.15, -0.1) is 0 Å². The van der Waals surface area contributed by atoms with Crippen molar-refractivity contribution >= 4 is 12.2 Å². The van der Waals surface area contributed by atoms with Crippen LogP contribution in [0.25, 0.3) is 11.4 Å². The van der Waals surface area contributed by atoms with Crippen LogP contribution in [0.5, 0.6) is 0 Å². The lowest BCUT2D eigenvalue weighted by molar-refractivity contribution is 0.266. The van der Waals surface area contributed by atoms with Crippen molar-refractivity contribution in [3.05, 3.63) is 29.3 Å². The molecule has 6 heteroatoms. The number of hydrogen-bond donors (Lipinski definition) is 1. The van der Waals surface area contributed by atoms with Crippen molar-refractivity contribution in [1.82, 2.24) is 24.6 Å². The predicted molar refractivity (Wildman–Crippen MR) is 80.9 cm³/mol. The first-order valence-electron chi connectivity index (χ1n) is 7.09. The summed E-state index contributed by atoms with van der Waals surface area (Å²) in [6.45, 7) is 5.19. The van der Waals surface area contributed by atoms with Gasteiger partial charge in [-0.25, -0.2) is 0 Å². The predicted octanol–water partition coefficient (Wildman–Crippen LogP) is 2.49. The van der Waals surface area contributed by atoms with Gasteiger partial charge in [0, 0.05) is 37.1 Å². The monoisotopic (exact) mass is 289 g/mol. The van der Waals surface area contributed by atoms with Gasteiger partial charge in [0.05, 0.1) is 0 Å². The van der Waals surface area contributed by atoms with Crippen LogP contribution in [0.4, 0.5) is 0 Å². The second-order valence-electron chi connectivity index (χ2n) is 5.11. The van der Waals surface area contributed by atoms with E-state index < -0.39 is 0 Å². The highest BCUT2D eigenvalue weighted by Gasteiger charge is 2.27. The summed E-state index contributed by atoms with van der Waals surface area (Å²) in [5.41, 5.74) is 0.995. The van der Waals surface area contributed by atoms with E-state index in [0.717, 1.165) is 37.1 Å². The molecule has 5 nitrogen and oxygen atoms in total. The topological polar surface area (TPSA) is 49.7 Å². The molecule has 3 rings (SSSR count). The Morgan fingerprint density at radius 2 is 2.35 bits per heavy atom. The van der Waals surface area contributed by atoms with E-state index in [9.17, 15) is 0 Å². The highest BCUT2D eigenvalue weighted by atomic mass is 32.1. The lowest BCUT2D eigenvalue weighted by Crippen LogP contribution is -2.29. The van der Waals surface area contributed by atoms with E-state index in [1.165, 1.54) is 12.8 Å².